The second kappa shape index (κ2) is 6.68. The van der Waals surface area contributed by atoms with Crippen molar-refractivity contribution in [1.82, 2.24) is 15.0 Å². The van der Waals surface area contributed by atoms with E-state index in [1.54, 1.807) is 0 Å². The summed E-state index contributed by atoms with van der Waals surface area (Å²) in [7, 11) is 2.03. The van der Waals surface area contributed by atoms with Gasteiger partial charge in [-0.25, -0.2) is 0 Å². The SMILES string of the molecule is CN(Cc1nc(-c2cccc(Br)c2)no1)CC(C)(C)CN. The first-order chi connectivity index (χ1) is 9.89. The number of hydrogen-bond donors (Lipinski definition) is 1. The van der Waals surface area contributed by atoms with Crippen LogP contribution in [0.15, 0.2) is 33.3 Å². The van der Waals surface area contributed by atoms with Gasteiger partial charge in [0.25, 0.3) is 0 Å². The van der Waals surface area contributed by atoms with Crippen LogP contribution < -0.4 is 5.73 Å². The zero-order valence-corrected chi connectivity index (χ0v) is 14.2. The molecule has 0 aliphatic rings. The third kappa shape index (κ3) is 4.62. The van der Waals surface area contributed by atoms with Crippen molar-refractivity contribution in [3.8, 4) is 11.4 Å². The number of nitrogens with two attached hydrogens (primary N) is 1. The van der Waals surface area contributed by atoms with E-state index in [1.807, 2.05) is 31.3 Å². The fourth-order valence-electron chi connectivity index (χ4n) is 2.15. The van der Waals surface area contributed by atoms with Gasteiger partial charge in [0.15, 0.2) is 0 Å². The maximum atomic E-state index is 5.76. The van der Waals surface area contributed by atoms with Crippen LogP contribution in [-0.2, 0) is 6.54 Å². The smallest absolute Gasteiger partial charge is 0.241 e. The van der Waals surface area contributed by atoms with E-state index >= 15 is 0 Å². The lowest BCUT2D eigenvalue weighted by Crippen LogP contribution is -2.36. The van der Waals surface area contributed by atoms with Crippen molar-refractivity contribution in [2.45, 2.75) is 20.4 Å². The van der Waals surface area contributed by atoms with Crippen molar-refractivity contribution in [3.63, 3.8) is 0 Å². The average Bonchev–Trinajstić information content (AvgIpc) is 2.86. The standard InChI is InChI=1S/C15H21BrN4O/c1-15(2,9-17)10-20(3)8-13-18-14(19-21-13)11-5-4-6-12(16)7-11/h4-7H,8-10,17H2,1-3H3. The number of nitrogens with zero attached hydrogens (tertiary/aromatic N) is 3. The predicted octanol–water partition coefficient (Wildman–Crippen LogP) is 2.92. The fraction of sp³-hybridized carbons (Fsp3) is 0.467. The van der Waals surface area contributed by atoms with Crippen molar-refractivity contribution in [2.24, 2.45) is 11.1 Å². The Bertz CT molecular complexity index is 597. The number of rotatable bonds is 6. The first kappa shape index (κ1) is 16.1. The van der Waals surface area contributed by atoms with Gasteiger partial charge in [-0.1, -0.05) is 47.1 Å². The van der Waals surface area contributed by atoms with Crippen molar-refractivity contribution in [3.05, 3.63) is 34.6 Å². The van der Waals surface area contributed by atoms with E-state index in [2.05, 4.69) is 44.8 Å². The number of hydrogen-bond acceptors (Lipinski definition) is 5. The van der Waals surface area contributed by atoms with E-state index in [1.165, 1.54) is 0 Å². The first-order valence-corrected chi connectivity index (χ1v) is 7.66. The summed E-state index contributed by atoms with van der Waals surface area (Å²) >= 11 is 3.44. The molecular formula is C15H21BrN4O. The molecule has 0 unspecified atom stereocenters. The molecule has 0 bridgehead atoms. The third-order valence-electron chi connectivity index (χ3n) is 3.21. The van der Waals surface area contributed by atoms with E-state index in [-0.39, 0.29) is 5.41 Å². The number of halogens is 1. The molecule has 2 N–H and O–H groups in total. The van der Waals surface area contributed by atoms with Gasteiger partial charge in [0.1, 0.15) is 0 Å². The van der Waals surface area contributed by atoms with Gasteiger partial charge < -0.3 is 10.3 Å². The minimum Gasteiger partial charge on any atom is -0.338 e. The summed E-state index contributed by atoms with van der Waals surface area (Å²) in [5.74, 6) is 1.22. The van der Waals surface area contributed by atoms with E-state index < -0.39 is 0 Å². The molecule has 0 aliphatic heterocycles. The zero-order chi connectivity index (χ0) is 15.5. The van der Waals surface area contributed by atoms with Gasteiger partial charge in [-0.15, -0.1) is 0 Å². The molecule has 1 aromatic carbocycles. The van der Waals surface area contributed by atoms with Gasteiger partial charge in [-0.2, -0.15) is 4.98 Å². The lowest BCUT2D eigenvalue weighted by Gasteiger charge is -2.27. The summed E-state index contributed by atoms with van der Waals surface area (Å²) in [6, 6.07) is 7.84. The van der Waals surface area contributed by atoms with E-state index in [9.17, 15) is 0 Å². The lowest BCUT2D eigenvalue weighted by molar-refractivity contribution is 0.189. The Labute approximate surface area is 133 Å². The minimum atomic E-state index is 0.0713. The molecule has 2 aromatic rings. The Morgan fingerprint density at radius 1 is 1.38 bits per heavy atom. The molecule has 5 nitrogen and oxygen atoms in total. The largest absolute Gasteiger partial charge is 0.338 e. The van der Waals surface area contributed by atoms with Crippen LogP contribution in [0.5, 0.6) is 0 Å². The predicted molar refractivity (Wildman–Crippen MR) is 86.6 cm³/mol. The molecule has 0 amide bonds. The van der Waals surface area contributed by atoms with Crippen molar-refractivity contribution in [2.75, 3.05) is 20.1 Å². The molecule has 0 fully saturated rings. The normalized spacial score (nSPS) is 12.1. The van der Waals surface area contributed by atoms with E-state index in [0.29, 0.717) is 24.8 Å². The number of aromatic nitrogens is 2. The van der Waals surface area contributed by atoms with Crippen molar-refractivity contribution < 1.29 is 4.52 Å². The molecule has 0 radical (unpaired) electrons. The van der Waals surface area contributed by atoms with E-state index in [0.717, 1.165) is 16.6 Å². The van der Waals surface area contributed by atoms with Gasteiger partial charge in [0.2, 0.25) is 11.7 Å². The molecule has 0 saturated carbocycles. The number of benzene rings is 1. The molecule has 1 aromatic heterocycles. The molecular weight excluding hydrogens is 332 g/mol. The summed E-state index contributed by atoms with van der Waals surface area (Å²) in [6.07, 6.45) is 0. The highest BCUT2D eigenvalue weighted by Gasteiger charge is 2.19. The van der Waals surface area contributed by atoms with Gasteiger partial charge in [-0.05, 0) is 31.1 Å². The van der Waals surface area contributed by atoms with Gasteiger partial charge >= 0.3 is 0 Å². The molecule has 0 aliphatic carbocycles. The molecule has 2 rings (SSSR count). The molecule has 0 saturated heterocycles. The van der Waals surface area contributed by atoms with Crippen LogP contribution in [0.4, 0.5) is 0 Å². The Hall–Kier alpha value is -1.24. The second-order valence-electron chi connectivity index (χ2n) is 6.06. The van der Waals surface area contributed by atoms with Crippen LogP contribution in [0.25, 0.3) is 11.4 Å². The summed E-state index contributed by atoms with van der Waals surface area (Å²) in [5.41, 5.74) is 6.77. The Morgan fingerprint density at radius 3 is 2.81 bits per heavy atom. The van der Waals surface area contributed by atoms with Crippen molar-refractivity contribution in [1.29, 1.82) is 0 Å². The van der Waals surface area contributed by atoms with Gasteiger partial charge in [-0.3, -0.25) is 4.90 Å². The zero-order valence-electron chi connectivity index (χ0n) is 12.6. The highest BCUT2D eigenvalue weighted by molar-refractivity contribution is 9.10. The maximum absolute atomic E-state index is 5.76. The Morgan fingerprint density at radius 2 is 2.14 bits per heavy atom. The summed E-state index contributed by atoms with van der Waals surface area (Å²) in [6.45, 7) is 6.42. The fourth-order valence-corrected chi connectivity index (χ4v) is 2.55. The topological polar surface area (TPSA) is 68.2 Å². The highest BCUT2D eigenvalue weighted by Crippen LogP contribution is 2.21. The minimum absolute atomic E-state index is 0.0713. The molecule has 114 valence electrons. The monoisotopic (exact) mass is 352 g/mol. The van der Waals surface area contributed by atoms with E-state index in [4.69, 9.17) is 10.3 Å². The Balaban J connectivity index is 2.03. The van der Waals surface area contributed by atoms with Crippen molar-refractivity contribution >= 4 is 15.9 Å². The van der Waals surface area contributed by atoms with Crippen LogP contribution in [0.1, 0.15) is 19.7 Å². The van der Waals surface area contributed by atoms with Crippen LogP contribution >= 0.6 is 15.9 Å². The van der Waals surface area contributed by atoms with Crippen LogP contribution in [0.2, 0.25) is 0 Å². The van der Waals surface area contributed by atoms with Crippen LogP contribution in [0.3, 0.4) is 0 Å². The summed E-state index contributed by atoms with van der Waals surface area (Å²) in [4.78, 5) is 6.59. The van der Waals surface area contributed by atoms with Crippen LogP contribution in [-0.4, -0.2) is 35.2 Å². The average molecular weight is 353 g/mol. The first-order valence-electron chi connectivity index (χ1n) is 6.87. The maximum Gasteiger partial charge on any atom is 0.241 e. The van der Waals surface area contributed by atoms with Gasteiger partial charge in [0, 0.05) is 16.6 Å². The highest BCUT2D eigenvalue weighted by atomic mass is 79.9. The van der Waals surface area contributed by atoms with Gasteiger partial charge in [0.05, 0.1) is 6.54 Å². The molecule has 1 heterocycles. The molecule has 0 spiro atoms. The summed E-state index contributed by atoms with van der Waals surface area (Å²) in [5, 5.41) is 4.04. The van der Waals surface area contributed by atoms with Crippen LogP contribution in [0, 0.1) is 5.41 Å². The molecule has 6 heteroatoms. The second-order valence-corrected chi connectivity index (χ2v) is 6.98. The molecule has 21 heavy (non-hydrogen) atoms. The third-order valence-corrected chi connectivity index (χ3v) is 3.70. The summed E-state index contributed by atoms with van der Waals surface area (Å²) < 4.78 is 6.32. The lowest BCUT2D eigenvalue weighted by atomic mass is 9.93. The Kier molecular flexibility index (Phi) is 5.13. The quantitative estimate of drug-likeness (QED) is 0.865. The molecule has 0 atom stereocenters.